The number of pyridine rings is 1. The Bertz CT molecular complexity index is 678. The third kappa shape index (κ3) is 2.84. The standard InChI is InChI=1S/C16H20N6O/c23-16(14-8-12-3-6-21(14)7-4-12)19-9-13-2-1-5-18-15(13)22-11-17-10-20-22/h1-2,5,10-12,14H,3-4,6-9H2,(H,19,23). The molecule has 2 aromatic rings. The molecule has 120 valence electrons. The van der Waals surface area contributed by atoms with Crippen LogP contribution in [0.2, 0.25) is 0 Å². The molecule has 7 heteroatoms. The quantitative estimate of drug-likeness (QED) is 0.902. The highest BCUT2D eigenvalue weighted by Gasteiger charge is 2.37. The first-order chi connectivity index (χ1) is 11.3. The molecular weight excluding hydrogens is 292 g/mol. The maximum absolute atomic E-state index is 12.6. The van der Waals surface area contributed by atoms with E-state index in [0.29, 0.717) is 12.4 Å². The molecule has 1 unspecified atom stereocenters. The van der Waals surface area contributed by atoms with E-state index in [-0.39, 0.29) is 11.9 Å². The number of hydrogen-bond donors (Lipinski definition) is 1. The number of aromatic nitrogens is 4. The van der Waals surface area contributed by atoms with Crippen molar-refractivity contribution in [3.8, 4) is 5.82 Å². The van der Waals surface area contributed by atoms with Gasteiger partial charge in [-0.2, -0.15) is 5.10 Å². The van der Waals surface area contributed by atoms with E-state index in [9.17, 15) is 4.79 Å². The summed E-state index contributed by atoms with van der Waals surface area (Å²) >= 11 is 0. The molecule has 2 bridgehead atoms. The lowest BCUT2D eigenvalue weighted by Crippen LogP contribution is -2.55. The summed E-state index contributed by atoms with van der Waals surface area (Å²) in [5, 5.41) is 7.19. The van der Waals surface area contributed by atoms with Crippen molar-refractivity contribution in [3.05, 3.63) is 36.5 Å². The first-order valence-corrected chi connectivity index (χ1v) is 8.12. The van der Waals surface area contributed by atoms with Crippen molar-refractivity contribution in [1.29, 1.82) is 0 Å². The molecule has 23 heavy (non-hydrogen) atoms. The molecule has 5 heterocycles. The molecule has 0 aromatic carbocycles. The molecule has 1 N–H and O–H groups in total. The lowest BCUT2D eigenvalue weighted by Gasteiger charge is -2.44. The first-order valence-electron chi connectivity index (χ1n) is 8.12. The Labute approximate surface area is 134 Å². The van der Waals surface area contributed by atoms with Gasteiger partial charge in [0.25, 0.3) is 0 Å². The third-order valence-electron chi connectivity index (χ3n) is 4.91. The van der Waals surface area contributed by atoms with Gasteiger partial charge in [0, 0.05) is 18.3 Å². The van der Waals surface area contributed by atoms with Crippen LogP contribution in [0.4, 0.5) is 0 Å². The van der Waals surface area contributed by atoms with Crippen molar-refractivity contribution >= 4 is 5.91 Å². The number of piperidine rings is 3. The molecule has 0 aliphatic carbocycles. The van der Waals surface area contributed by atoms with E-state index in [1.165, 1.54) is 19.2 Å². The van der Waals surface area contributed by atoms with Gasteiger partial charge in [-0.05, 0) is 44.3 Å². The molecule has 0 saturated carbocycles. The average Bonchev–Trinajstić information content (AvgIpc) is 3.15. The summed E-state index contributed by atoms with van der Waals surface area (Å²) in [4.78, 5) is 23.2. The number of nitrogens with one attached hydrogen (secondary N) is 1. The Kier molecular flexibility index (Phi) is 3.78. The lowest BCUT2D eigenvalue weighted by atomic mass is 9.83. The van der Waals surface area contributed by atoms with Gasteiger partial charge in [0.05, 0.1) is 6.04 Å². The van der Waals surface area contributed by atoms with Crippen LogP contribution in [0.25, 0.3) is 5.82 Å². The first kappa shape index (κ1) is 14.3. The summed E-state index contributed by atoms with van der Waals surface area (Å²) in [6, 6.07) is 3.86. The summed E-state index contributed by atoms with van der Waals surface area (Å²) in [5.74, 6) is 1.55. The number of carbonyl (C=O) groups is 1. The van der Waals surface area contributed by atoms with Crippen molar-refractivity contribution < 1.29 is 4.79 Å². The van der Waals surface area contributed by atoms with Crippen LogP contribution in [0, 0.1) is 5.92 Å². The van der Waals surface area contributed by atoms with E-state index in [1.54, 1.807) is 17.2 Å². The highest BCUT2D eigenvalue weighted by Crippen LogP contribution is 2.31. The summed E-state index contributed by atoms with van der Waals surface area (Å²) in [6.07, 6.45) is 8.27. The smallest absolute Gasteiger partial charge is 0.237 e. The highest BCUT2D eigenvalue weighted by atomic mass is 16.2. The number of nitrogens with zero attached hydrogens (tertiary/aromatic N) is 5. The van der Waals surface area contributed by atoms with Crippen LogP contribution in [0.3, 0.4) is 0 Å². The largest absolute Gasteiger partial charge is 0.351 e. The molecule has 7 nitrogen and oxygen atoms in total. The van der Waals surface area contributed by atoms with E-state index < -0.39 is 0 Å². The van der Waals surface area contributed by atoms with Gasteiger partial charge >= 0.3 is 0 Å². The minimum Gasteiger partial charge on any atom is -0.351 e. The third-order valence-corrected chi connectivity index (χ3v) is 4.91. The average molecular weight is 312 g/mol. The van der Waals surface area contributed by atoms with Crippen LogP contribution in [0.1, 0.15) is 24.8 Å². The topological polar surface area (TPSA) is 75.9 Å². The second-order valence-corrected chi connectivity index (χ2v) is 6.27. The zero-order chi connectivity index (χ0) is 15.6. The molecule has 3 aliphatic rings. The van der Waals surface area contributed by atoms with Gasteiger partial charge in [-0.15, -0.1) is 0 Å². The fourth-order valence-electron chi connectivity index (χ4n) is 3.63. The summed E-state index contributed by atoms with van der Waals surface area (Å²) < 4.78 is 1.62. The second-order valence-electron chi connectivity index (χ2n) is 6.27. The van der Waals surface area contributed by atoms with E-state index in [2.05, 4.69) is 25.3 Å². The van der Waals surface area contributed by atoms with Gasteiger partial charge in [-0.1, -0.05) is 6.07 Å². The fourth-order valence-corrected chi connectivity index (χ4v) is 3.63. The van der Waals surface area contributed by atoms with E-state index >= 15 is 0 Å². The van der Waals surface area contributed by atoms with Crippen molar-refractivity contribution in [1.82, 2.24) is 30.0 Å². The predicted octanol–water partition coefficient (Wildman–Crippen LogP) is 0.763. The van der Waals surface area contributed by atoms with Crippen molar-refractivity contribution in [2.24, 2.45) is 5.92 Å². The Morgan fingerprint density at radius 1 is 1.35 bits per heavy atom. The van der Waals surface area contributed by atoms with Crippen LogP contribution in [-0.4, -0.2) is 49.7 Å². The highest BCUT2D eigenvalue weighted by molar-refractivity contribution is 5.82. The van der Waals surface area contributed by atoms with Crippen molar-refractivity contribution in [2.45, 2.75) is 31.8 Å². The molecule has 0 radical (unpaired) electrons. The zero-order valence-electron chi connectivity index (χ0n) is 12.9. The summed E-state index contributed by atoms with van der Waals surface area (Å²) in [7, 11) is 0. The molecule has 3 aliphatic heterocycles. The maximum atomic E-state index is 12.6. The minimum absolute atomic E-state index is 0.0361. The lowest BCUT2D eigenvalue weighted by molar-refractivity contribution is -0.130. The number of amides is 1. The van der Waals surface area contributed by atoms with E-state index in [0.717, 1.165) is 31.0 Å². The van der Waals surface area contributed by atoms with Gasteiger partial charge in [0.15, 0.2) is 5.82 Å². The molecule has 3 saturated heterocycles. The van der Waals surface area contributed by atoms with Gasteiger partial charge in [0.2, 0.25) is 5.91 Å². The summed E-state index contributed by atoms with van der Waals surface area (Å²) in [5.41, 5.74) is 0.933. The van der Waals surface area contributed by atoms with Crippen molar-refractivity contribution in [2.75, 3.05) is 13.1 Å². The monoisotopic (exact) mass is 312 g/mol. The normalized spacial score (nSPS) is 26.2. The molecule has 5 rings (SSSR count). The molecule has 0 spiro atoms. The predicted molar refractivity (Wildman–Crippen MR) is 83.7 cm³/mol. The van der Waals surface area contributed by atoms with Crippen LogP contribution in [-0.2, 0) is 11.3 Å². The van der Waals surface area contributed by atoms with Crippen LogP contribution in [0.15, 0.2) is 31.0 Å². The Balaban J connectivity index is 1.44. The number of fused-ring (bicyclic) bond motifs is 3. The number of hydrogen-bond acceptors (Lipinski definition) is 5. The van der Waals surface area contributed by atoms with Gasteiger partial charge in [0.1, 0.15) is 12.7 Å². The SMILES string of the molecule is O=C(NCc1cccnc1-n1cncn1)C1CC2CCN1CC2. The van der Waals surface area contributed by atoms with Gasteiger partial charge in [-0.25, -0.2) is 14.6 Å². The van der Waals surface area contributed by atoms with E-state index in [4.69, 9.17) is 0 Å². The fraction of sp³-hybridized carbons (Fsp3) is 0.500. The number of rotatable bonds is 4. The Hall–Kier alpha value is -2.28. The van der Waals surface area contributed by atoms with E-state index in [1.807, 2.05) is 12.1 Å². The van der Waals surface area contributed by atoms with Gasteiger partial charge < -0.3 is 5.32 Å². The van der Waals surface area contributed by atoms with Crippen molar-refractivity contribution in [3.63, 3.8) is 0 Å². The second kappa shape index (κ2) is 6.08. The zero-order valence-corrected chi connectivity index (χ0v) is 12.9. The summed E-state index contributed by atoms with van der Waals surface area (Å²) in [6.45, 7) is 2.57. The number of carbonyl (C=O) groups excluding carboxylic acids is 1. The van der Waals surface area contributed by atoms with Crippen LogP contribution < -0.4 is 5.32 Å². The molecule has 2 aromatic heterocycles. The van der Waals surface area contributed by atoms with Crippen LogP contribution >= 0.6 is 0 Å². The van der Waals surface area contributed by atoms with Gasteiger partial charge in [-0.3, -0.25) is 9.69 Å². The Morgan fingerprint density at radius 3 is 2.91 bits per heavy atom. The van der Waals surface area contributed by atoms with Crippen LogP contribution in [0.5, 0.6) is 0 Å². The molecule has 3 fully saturated rings. The maximum Gasteiger partial charge on any atom is 0.237 e. The molecule has 1 amide bonds. The molecular formula is C16H20N6O. The Morgan fingerprint density at radius 2 is 2.22 bits per heavy atom. The molecule has 1 atom stereocenters. The minimum atomic E-state index is 0.0361.